The second-order valence-electron chi connectivity index (χ2n) is 9.19. The first-order valence-corrected chi connectivity index (χ1v) is 10.8. The Labute approximate surface area is 175 Å². The summed E-state index contributed by atoms with van der Waals surface area (Å²) in [6.45, 7) is 5.74. The van der Waals surface area contributed by atoms with E-state index < -0.39 is 0 Å². The van der Waals surface area contributed by atoms with Crippen LogP contribution >= 0.6 is 0 Å². The first kappa shape index (κ1) is 17.8. The standard InChI is InChI=1S/C25H26N4O/c1-25(2)23-18(16-8-4-6-10-20(16)27-23)13-21(28-25)24(30)29-12-11-17-15-7-3-5-9-19(15)26-22(17)14-29/h3-10,21,26-28H,11-14H2,1-2H3. The highest BCUT2D eigenvalue weighted by Gasteiger charge is 2.39. The zero-order valence-electron chi connectivity index (χ0n) is 17.4. The van der Waals surface area contributed by atoms with Crippen molar-refractivity contribution in [1.29, 1.82) is 0 Å². The number of carbonyl (C=O) groups is 1. The third-order valence-electron chi connectivity index (χ3n) is 6.87. The second-order valence-corrected chi connectivity index (χ2v) is 9.19. The van der Waals surface area contributed by atoms with Crippen molar-refractivity contribution in [3.63, 3.8) is 0 Å². The molecule has 6 rings (SSSR count). The Morgan fingerprint density at radius 2 is 1.63 bits per heavy atom. The van der Waals surface area contributed by atoms with Gasteiger partial charge in [0.2, 0.25) is 5.91 Å². The SMILES string of the molecule is CC1(C)NC(C(=O)N2CCc3c([nH]c4ccccc34)C2)Cc2c1[nH]c1ccccc21. The van der Waals surface area contributed by atoms with Gasteiger partial charge >= 0.3 is 0 Å². The molecule has 4 aromatic rings. The third kappa shape index (κ3) is 2.55. The highest BCUT2D eigenvalue weighted by molar-refractivity contribution is 5.89. The van der Waals surface area contributed by atoms with E-state index in [0.717, 1.165) is 30.4 Å². The van der Waals surface area contributed by atoms with Crippen LogP contribution in [0.3, 0.4) is 0 Å². The molecule has 0 saturated carbocycles. The normalized spacial score (nSPS) is 20.3. The fourth-order valence-electron chi connectivity index (χ4n) is 5.46. The molecule has 30 heavy (non-hydrogen) atoms. The molecule has 2 aliphatic rings. The Bertz CT molecular complexity index is 1300. The van der Waals surface area contributed by atoms with E-state index in [9.17, 15) is 4.79 Å². The monoisotopic (exact) mass is 398 g/mol. The summed E-state index contributed by atoms with van der Waals surface area (Å²) in [6, 6.07) is 16.6. The van der Waals surface area contributed by atoms with Gasteiger partial charge in [0.15, 0.2) is 0 Å². The van der Waals surface area contributed by atoms with Crippen LogP contribution in [0, 0.1) is 0 Å². The molecule has 5 nitrogen and oxygen atoms in total. The van der Waals surface area contributed by atoms with Crippen molar-refractivity contribution in [3.05, 3.63) is 71.0 Å². The molecule has 0 aliphatic carbocycles. The van der Waals surface area contributed by atoms with Crippen LogP contribution in [0.25, 0.3) is 21.8 Å². The molecule has 152 valence electrons. The lowest BCUT2D eigenvalue weighted by atomic mass is 9.86. The number of benzene rings is 2. The predicted octanol–water partition coefficient (Wildman–Crippen LogP) is 3.98. The zero-order chi connectivity index (χ0) is 20.5. The summed E-state index contributed by atoms with van der Waals surface area (Å²) in [5.41, 5.74) is 7.04. The van der Waals surface area contributed by atoms with E-state index in [1.54, 1.807) is 0 Å². The van der Waals surface area contributed by atoms with Crippen LogP contribution in [0.4, 0.5) is 0 Å². The average molecular weight is 399 g/mol. The first-order valence-electron chi connectivity index (χ1n) is 10.8. The lowest BCUT2D eigenvalue weighted by Crippen LogP contribution is -2.57. The van der Waals surface area contributed by atoms with Crippen LogP contribution in [0.2, 0.25) is 0 Å². The number of aromatic nitrogens is 2. The van der Waals surface area contributed by atoms with Crippen molar-refractivity contribution in [2.75, 3.05) is 6.54 Å². The van der Waals surface area contributed by atoms with Crippen molar-refractivity contribution < 1.29 is 4.79 Å². The van der Waals surface area contributed by atoms with Gasteiger partial charge in [-0.3, -0.25) is 10.1 Å². The molecule has 0 radical (unpaired) electrons. The molecule has 0 bridgehead atoms. The van der Waals surface area contributed by atoms with Gasteiger partial charge in [0.25, 0.3) is 0 Å². The van der Waals surface area contributed by atoms with Crippen molar-refractivity contribution in [1.82, 2.24) is 20.2 Å². The molecule has 4 heterocycles. The molecule has 2 aromatic carbocycles. The summed E-state index contributed by atoms with van der Waals surface area (Å²) in [4.78, 5) is 22.7. The van der Waals surface area contributed by atoms with E-state index in [1.165, 1.54) is 33.3 Å². The molecule has 1 atom stereocenters. The Morgan fingerprint density at radius 3 is 2.40 bits per heavy atom. The van der Waals surface area contributed by atoms with E-state index in [1.807, 2.05) is 4.90 Å². The zero-order valence-corrected chi connectivity index (χ0v) is 17.4. The van der Waals surface area contributed by atoms with E-state index in [0.29, 0.717) is 6.54 Å². The molecule has 2 aliphatic heterocycles. The van der Waals surface area contributed by atoms with Gasteiger partial charge < -0.3 is 14.9 Å². The lowest BCUT2D eigenvalue weighted by molar-refractivity contribution is -0.135. The number of aromatic amines is 2. The summed E-state index contributed by atoms with van der Waals surface area (Å²) in [5.74, 6) is 0.198. The van der Waals surface area contributed by atoms with Crippen LogP contribution in [0.5, 0.6) is 0 Å². The smallest absolute Gasteiger partial charge is 0.240 e. The third-order valence-corrected chi connectivity index (χ3v) is 6.87. The maximum atomic E-state index is 13.6. The van der Waals surface area contributed by atoms with Gasteiger partial charge in [-0.2, -0.15) is 0 Å². The van der Waals surface area contributed by atoms with Gasteiger partial charge in [0.1, 0.15) is 0 Å². The molecule has 0 spiro atoms. The molecule has 5 heteroatoms. The van der Waals surface area contributed by atoms with Gasteiger partial charge in [0.05, 0.1) is 18.1 Å². The Morgan fingerprint density at radius 1 is 0.967 bits per heavy atom. The fourth-order valence-corrected chi connectivity index (χ4v) is 5.46. The predicted molar refractivity (Wildman–Crippen MR) is 119 cm³/mol. The van der Waals surface area contributed by atoms with Gasteiger partial charge in [-0.15, -0.1) is 0 Å². The second kappa shape index (κ2) is 6.22. The van der Waals surface area contributed by atoms with Gasteiger partial charge in [-0.1, -0.05) is 36.4 Å². The van der Waals surface area contributed by atoms with E-state index in [-0.39, 0.29) is 17.5 Å². The maximum absolute atomic E-state index is 13.6. The molecule has 0 fully saturated rings. The van der Waals surface area contributed by atoms with E-state index in [4.69, 9.17) is 0 Å². The minimum absolute atomic E-state index is 0.198. The number of hydrogen-bond acceptors (Lipinski definition) is 2. The number of fused-ring (bicyclic) bond motifs is 6. The van der Waals surface area contributed by atoms with Gasteiger partial charge in [0, 0.05) is 39.7 Å². The van der Waals surface area contributed by atoms with Crippen molar-refractivity contribution in [2.45, 2.75) is 44.8 Å². The maximum Gasteiger partial charge on any atom is 0.240 e. The minimum Gasteiger partial charge on any atom is -0.357 e. The van der Waals surface area contributed by atoms with Crippen LogP contribution < -0.4 is 5.32 Å². The van der Waals surface area contributed by atoms with Crippen molar-refractivity contribution in [3.8, 4) is 0 Å². The van der Waals surface area contributed by atoms with Gasteiger partial charge in [-0.05, 0) is 49.9 Å². The summed E-state index contributed by atoms with van der Waals surface area (Å²) in [7, 11) is 0. The first-order chi connectivity index (χ1) is 14.5. The fraction of sp³-hybridized carbons (Fsp3) is 0.320. The molecule has 1 unspecified atom stereocenters. The molecular weight excluding hydrogens is 372 g/mol. The van der Waals surface area contributed by atoms with Crippen LogP contribution in [0.1, 0.15) is 36.4 Å². The molecular formula is C25H26N4O. The summed E-state index contributed by atoms with van der Waals surface area (Å²) in [5, 5.41) is 6.15. The summed E-state index contributed by atoms with van der Waals surface area (Å²) in [6.07, 6.45) is 1.62. The Kier molecular flexibility index (Phi) is 3.69. The number of carbonyl (C=O) groups excluding carboxylic acids is 1. The number of hydrogen-bond donors (Lipinski definition) is 3. The number of H-pyrrole nitrogens is 2. The molecule has 0 saturated heterocycles. The van der Waals surface area contributed by atoms with Crippen LogP contribution in [-0.4, -0.2) is 33.4 Å². The van der Waals surface area contributed by atoms with Crippen LogP contribution in [-0.2, 0) is 29.7 Å². The van der Waals surface area contributed by atoms with Crippen LogP contribution in [0.15, 0.2) is 48.5 Å². The van der Waals surface area contributed by atoms with E-state index >= 15 is 0 Å². The number of amides is 1. The molecule has 3 N–H and O–H groups in total. The molecule has 2 aromatic heterocycles. The summed E-state index contributed by atoms with van der Waals surface area (Å²) >= 11 is 0. The van der Waals surface area contributed by atoms with E-state index in [2.05, 4.69) is 77.7 Å². The van der Waals surface area contributed by atoms with Crippen molar-refractivity contribution in [2.24, 2.45) is 0 Å². The Hall–Kier alpha value is -3.05. The summed E-state index contributed by atoms with van der Waals surface area (Å²) < 4.78 is 0. The number of nitrogens with one attached hydrogen (secondary N) is 3. The number of nitrogens with zero attached hydrogens (tertiary/aromatic N) is 1. The average Bonchev–Trinajstić information content (AvgIpc) is 3.31. The minimum atomic E-state index is -0.283. The lowest BCUT2D eigenvalue weighted by Gasteiger charge is -2.39. The topological polar surface area (TPSA) is 63.9 Å². The Balaban J connectivity index is 1.31. The largest absolute Gasteiger partial charge is 0.357 e. The number of para-hydroxylation sites is 2. The highest BCUT2D eigenvalue weighted by Crippen LogP contribution is 2.36. The van der Waals surface area contributed by atoms with Gasteiger partial charge in [-0.25, -0.2) is 0 Å². The highest BCUT2D eigenvalue weighted by atomic mass is 16.2. The molecule has 1 amide bonds. The quantitative estimate of drug-likeness (QED) is 0.454. The van der Waals surface area contributed by atoms with Crippen molar-refractivity contribution >= 4 is 27.7 Å². The number of rotatable bonds is 1.